The third kappa shape index (κ3) is 5.08. The predicted octanol–water partition coefficient (Wildman–Crippen LogP) is 7.05. The molecule has 198 valence electrons. The van der Waals surface area contributed by atoms with Crippen LogP contribution in [0.3, 0.4) is 0 Å². The Morgan fingerprint density at radius 1 is 1.08 bits per heavy atom. The summed E-state index contributed by atoms with van der Waals surface area (Å²) in [6.07, 6.45) is 1.84. The lowest BCUT2D eigenvalue weighted by Crippen LogP contribution is -2.26. The van der Waals surface area contributed by atoms with Crippen LogP contribution < -0.4 is 15.8 Å². The monoisotopic (exact) mass is 508 g/mol. The number of hydrogen-bond acceptors (Lipinski definition) is 5. The summed E-state index contributed by atoms with van der Waals surface area (Å²) in [5, 5.41) is 4.38. The van der Waals surface area contributed by atoms with Gasteiger partial charge in [-0.1, -0.05) is 51.1 Å². The number of nitrogens with zero attached hydrogens (tertiary/aromatic N) is 2. The number of pyridine rings is 1. The molecule has 3 N–H and O–H groups in total. The number of fused-ring (bicyclic) bond motifs is 2. The minimum absolute atomic E-state index is 0.0232. The highest BCUT2D eigenvalue weighted by atomic mass is 16.5. The van der Waals surface area contributed by atoms with Crippen LogP contribution in [-0.2, 0) is 13.1 Å². The van der Waals surface area contributed by atoms with Crippen LogP contribution in [0.2, 0.25) is 0 Å². The largest absolute Gasteiger partial charge is 0.492 e. The first-order valence-corrected chi connectivity index (χ1v) is 13.5. The zero-order valence-electron chi connectivity index (χ0n) is 23.6. The van der Waals surface area contributed by atoms with Gasteiger partial charge < -0.3 is 15.8 Å². The Labute approximate surface area is 227 Å². The second-order valence-corrected chi connectivity index (χ2v) is 11.7. The molecule has 0 saturated heterocycles. The van der Waals surface area contributed by atoms with Crippen LogP contribution in [0.1, 0.15) is 60.1 Å². The standard InChI is InChI=1S/C33H40N4O/c1-21-9-10-24(31(33(3,4)5)27-11-12-28(35-6)32(34)22(27)2)17-25(21)19-37-14-15-38-30-18-29-23(8-7-13-36-29)16-26(30)20-37/h7-13,16-18,31,35H,14-15,19-20,34H2,1-6H3. The number of aryl methyl sites for hydroxylation is 1. The molecular weight excluding hydrogens is 468 g/mol. The zero-order chi connectivity index (χ0) is 27.0. The van der Waals surface area contributed by atoms with Gasteiger partial charge in [0, 0.05) is 55.8 Å². The minimum Gasteiger partial charge on any atom is -0.492 e. The number of nitrogen functional groups attached to an aromatic ring is 1. The van der Waals surface area contributed by atoms with E-state index in [1.54, 1.807) is 0 Å². The Morgan fingerprint density at radius 3 is 2.66 bits per heavy atom. The van der Waals surface area contributed by atoms with Gasteiger partial charge in [0.05, 0.1) is 16.9 Å². The first kappa shape index (κ1) is 26.1. The van der Waals surface area contributed by atoms with Gasteiger partial charge in [-0.2, -0.15) is 0 Å². The van der Waals surface area contributed by atoms with Crippen molar-refractivity contribution in [3.8, 4) is 5.75 Å². The molecule has 0 radical (unpaired) electrons. The van der Waals surface area contributed by atoms with Gasteiger partial charge in [0.2, 0.25) is 0 Å². The van der Waals surface area contributed by atoms with E-state index in [1.165, 1.54) is 27.8 Å². The van der Waals surface area contributed by atoms with Crippen molar-refractivity contribution in [1.29, 1.82) is 0 Å². The lowest BCUT2D eigenvalue weighted by molar-refractivity contribution is 0.219. The summed E-state index contributed by atoms with van der Waals surface area (Å²) in [6.45, 7) is 14.6. The predicted molar refractivity (Wildman–Crippen MR) is 159 cm³/mol. The van der Waals surface area contributed by atoms with E-state index < -0.39 is 0 Å². The number of nitrogens with two attached hydrogens (primary N) is 1. The molecule has 5 nitrogen and oxygen atoms in total. The normalized spacial score (nSPS) is 15.0. The molecular formula is C33H40N4O. The Kier molecular flexibility index (Phi) is 7.06. The van der Waals surface area contributed by atoms with E-state index in [0.29, 0.717) is 6.61 Å². The first-order chi connectivity index (χ1) is 18.2. The van der Waals surface area contributed by atoms with Crippen LogP contribution >= 0.6 is 0 Å². The fraction of sp³-hybridized carbons (Fsp3) is 0.364. The lowest BCUT2D eigenvalue weighted by atomic mass is 9.71. The molecule has 5 rings (SSSR count). The van der Waals surface area contributed by atoms with Crippen LogP contribution in [-0.4, -0.2) is 30.1 Å². The summed E-state index contributed by atoms with van der Waals surface area (Å²) in [5.74, 6) is 1.18. The SMILES string of the molecule is CNc1ccc(C(c2ccc(C)c(CN3CCOc4cc5ncccc5cc4C3)c2)C(C)(C)C)c(C)c1N. The van der Waals surface area contributed by atoms with Crippen molar-refractivity contribution in [2.45, 2.75) is 53.6 Å². The molecule has 1 aliphatic heterocycles. The van der Waals surface area contributed by atoms with Crippen molar-refractivity contribution in [1.82, 2.24) is 9.88 Å². The molecule has 1 atom stereocenters. The number of benzene rings is 3. The number of aromatic nitrogens is 1. The Hall–Kier alpha value is -3.57. The van der Waals surface area contributed by atoms with Gasteiger partial charge in [0.15, 0.2) is 0 Å². The highest BCUT2D eigenvalue weighted by Crippen LogP contribution is 2.44. The Bertz CT molecular complexity index is 1470. The summed E-state index contributed by atoms with van der Waals surface area (Å²) in [4.78, 5) is 7.00. The van der Waals surface area contributed by atoms with E-state index in [2.05, 4.69) is 98.4 Å². The Morgan fingerprint density at radius 2 is 1.89 bits per heavy atom. The van der Waals surface area contributed by atoms with E-state index >= 15 is 0 Å². The molecule has 0 aliphatic carbocycles. The van der Waals surface area contributed by atoms with Crippen LogP contribution in [0.5, 0.6) is 5.75 Å². The third-order valence-electron chi connectivity index (χ3n) is 7.95. The number of anilines is 2. The first-order valence-electron chi connectivity index (χ1n) is 13.5. The highest BCUT2D eigenvalue weighted by molar-refractivity contribution is 5.81. The van der Waals surface area contributed by atoms with Crippen molar-refractivity contribution >= 4 is 22.3 Å². The average Bonchev–Trinajstić information content (AvgIpc) is 3.07. The molecule has 0 saturated carbocycles. The molecule has 0 amide bonds. The molecule has 38 heavy (non-hydrogen) atoms. The number of hydrogen-bond donors (Lipinski definition) is 2. The van der Waals surface area contributed by atoms with Crippen LogP contribution in [0.15, 0.2) is 60.8 Å². The smallest absolute Gasteiger partial charge is 0.126 e. The van der Waals surface area contributed by atoms with Gasteiger partial charge in [0.25, 0.3) is 0 Å². The highest BCUT2D eigenvalue weighted by Gasteiger charge is 2.30. The maximum atomic E-state index is 6.53. The van der Waals surface area contributed by atoms with Gasteiger partial charge in [-0.25, -0.2) is 0 Å². The lowest BCUT2D eigenvalue weighted by Gasteiger charge is -2.34. The van der Waals surface area contributed by atoms with Crippen molar-refractivity contribution in [3.05, 3.63) is 94.2 Å². The molecule has 1 aromatic heterocycles. The van der Waals surface area contributed by atoms with E-state index in [-0.39, 0.29) is 11.3 Å². The molecule has 3 aromatic carbocycles. The van der Waals surface area contributed by atoms with Crippen LogP contribution in [0, 0.1) is 19.3 Å². The molecule has 1 aliphatic rings. The summed E-state index contributed by atoms with van der Waals surface area (Å²) in [6, 6.07) is 19.8. The molecule has 0 fully saturated rings. The third-order valence-corrected chi connectivity index (χ3v) is 7.95. The topological polar surface area (TPSA) is 63.4 Å². The van der Waals surface area contributed by atoms with Gasteiger partial charge in [0.1, 0.15) is 12.4 Å². The summed E-state index contributed by atoms with van der Waals surface area (Å²) in [5.41, 5.74) is 17.0. The minimum atomic E-state index is 0.0232. The van der Waals surface area contributed by atoms with Gasteiger partial charge in [-0.15, -0.1) is 0 Å². The molecule has 2 heterocycles. The van der Waals surface area contributed by atoms with E-state index in [0.717, 1.165) is 53.2 Å². The number of rotatable bonds is 5. The summed E-state index contributed by atoms with van der Waals surface area (Å²) < 4.78 is 6.16. The van der Waals surface area contributed by atoms with Crippen molar-refractivity contribution in [3.63, 3.8) is 0 Å². The maximum Gasteiger partial charge on any atom is 0.126 e. The van der Waals surface area contributed by atoms with Gasteiger partial charge in [-0.05, 0) is 65.3 Å². The zero-order valence-corrected chi connectivity index (χ0v) is 23.6. The van der Waals surface area contributed by atoms with Crippen LogP contribution in [0.4, 0.5) is 11.4 Å². The molecule has 5 heteroatoms. The van der Waals surface area contributed by atoms with E-state index in [4.69, 9.17) is 10.5 Å². The van der Waals surface area contributed by atoms with Crippen molar-refractivity contribution in [2.24, 2.45) is 5.41 Å². The average molecular weight is 509 g/mol. The van der Waals surface area contributed by atoms with Crippen LogP contribution in [0.25, 0.3) is 10.9 Å². The number of ether oxygens (including phenoxy) is 1. The second-order valence-electron chi connectivity index (χ2n) is 11.7. The quantitative estimate of drug-likeness (QED) is 0.283. The van der Waals surface area contributed by atoms with E-state index in [9.17, 15) is 0 Å². The second kappa shape index (κ2) is 10.3. The Balaban J connectivity index is 1.48. The van der Waals surface area contributed by atoms with E-state index in [1.807, 2.05) is 19.3 Å². The fourth-order valence-corrected chi connectivity index (χ4v) is 5.85. The van der Waals surface area contributed by atoms with Crippen molar-refractivity contribution < 1.29 is 4.74 Å². The fourth-order valence-electron chi connectivity index (χ4n) is 5.85. The summed E-state index contributed by atoms with van der Waals surface area (Å²) >= 11 is 0. The maximum absolute atomic E-state index is 6.53. The van der Waals surface area contributed by atoms with Gasteiger partial charge in [-0.3, -0.25) is 9.88 Å². The molecule has 4 aromatic rings. The molecule has 0 bridgehead atoms. The molecule has 1 unspecified atom stereocenters. The summed E-state index contributed by atoms with van der Waals surface area (Å²) in [7, 11) is 1.92. The molecule has 0 spiro atoms. The van der Waals surface area contributed by atoms with Gasteiger partial charge >= 0.3 is 0 Å². The van der Waals surface area contributed by atoms with Crippen molar-refractivity contribution in [2.75, 3.05) is 31.2 Å². The number of nitrogens with one attached hydrogen (secondary N) is 1.